The van der Waals surface area contributed by atoms with Crippen molar-refractivity contribution in [2.75, 3.05) is 6.61 Å². The van der Waals surface area contributed by atoms with Crippen LogP contribution in [0.25, 0.3) is 21.7 Å². The van der Waals surface area contributed by atoms with Crippen LogP contribution in [0.4, 0.5) is 0 Å². The van der Waals surface area contributed by atoms with Gasteiger partial charge in [-0.1, -0.05) is 99.7 Å². The number of rotatable bonds is 13. The number of allylic oxidation sites excluding steroid dienone is 11. The lowest BCUT2D eigenvalue weighted by Crippen LogP contribution is -2.10. The molecular weight excluding hydrogens is 691 g/mol. The average molecular weight is 738 g/mol. The SMILES string of the molecule is CC.CC/C(C)=C(/Oc1ccc(-c2nc(COc3ccc(OCC(=O)O)c(C)c3)sc2-c2ccc(C3C=CC=CC=C3)cc2)cc1C)C1=CC=CC=C=C1. The summed E-state index contributed by atoms with van der Waals surface area (Å²) in [6.07, 6.45) is 23.4. The highest BCUT2D eigenvalue weighted by Gasteiger charge is 2.19. The molecule has 0 amide bonds. The fourth-order valence-electron chi connectivity index (χ4n) is 5.79. The number of aryl methyl sites for hydroxylation is 2. The Kier molecular flexibility index (Phi) is 14.0. The standard InChI is InChI=1S/C45H41NO5S.C2H6/c1-5-30(2)44(35-16-12-8-9-13-17-35)51-40-24-22-37(26-31(40)3)43-45(36-20-18-34(19-21-36)33-14-10-6-7-11-15-33)52-41(46-43)28-49-38-23-25-39(32(4)27-38)50-29-42(47)48;1-2/h6-12,14-27,33H,5,28-29H2,1-4H3,(H,47,48);1-2H3/b44-30+;. The summed E-state index contributed by atoms with van der Waals surface area (Å²) >= 11 is 1.61. The summed E-state index contributed by atoms with van der Waals surface area (Å²) in [6.45, 7) is 12.0. The van der Waals surface area contributed by atoms with Gasteiger partial charge in [-0.15, -0.1) is 17.1 Å². The van der Waals surface area contributed by atoms with Crippen molar-refractivity contribution in [1.82, 2.24) is 4.98 Å². The Morgan fingerprint density at radius 1 is 0.852 bits per heavy atom. The summed E-state index contributed by atoms with van der Waals surface area (Å²) in [4.78, 5) is 17.1. The zero-order valence-corrected chi connectivity index (χ0v) is 32.6. The third kappa shape index (κ3) is 10.2. The van der Waals surface area contributed by atoms with Gasteiger partial charge in [0, 0.05) is 17.1 Å². The molecule has 2 aliphatic rings. The van der Waals surface area contributed by atoms with Crippen LogP contribution in [0.15, 0.2) is 150 Å². The van der Waals surface area contributed by atoms with Gasteiger partial charge in [0.1, 0.15) is 34.6 Å². The molecule has 54 heavy (non-hydrogen) atoms. The van der Waals surface area contributed by atoms with Crippen LogP contribution in [0.5, 0.6) is 17.2 Å². The van der Waals surface area contributed by atoms with Crippen molar-refractivity contribution in [2.24, 2.45) is 0 Å². The van der Waals surface area contributed by atoms with Gasteiger partial charge in [-0.3, -0.25) is 0 Å². The van der Waals surface area contributed by atoms with Crippen molar-refractivity contribution in [3.05, 3.63) is 172 Å². The molecular formula is C47H47NO5S. The van der Waals surface area contributed by atoms with Crippen LogP contribution in [-0.2, 0) is 11.4 Å². The first-order chi connectivity index (χ1) is 26.3. The number of hydrogen-bond acceptors (Lipinski definition) is 6. The van der Waals surface area contributed by atoms with Gasteiger partial charge >= 0.3 is 5.97 Å². The maximum Gasteiger partial charge on any atom is 0.341 e. The molecule has 3 aromatic carbocycles. The van der Waals surface area contributed by atoms with E-state index in [0.29, 0.717) is 11.5 Å². The first-order valence-corrected chi connectivity index (χ1v) is 19.1. The van der Waals surface area contributed by atoms with E-state index in [-0.39, 0.29) is 12.5 Å². The average Bonchev–Trinajstić information content (AvgIpc) is 3.34. The number of aliphatic carboxylic acids is 1. The fourth-order valence-corrected chi connectivity index (χ4v) is 6.79. The molecule has 276 valence electrons. The lowest BCUT2D eigenvalue weighted by Gasteiger charge is -2.16. The molecule has 2 aliphatic carbocycles. The molecule has 0 bridgehead atoms. The summed E-state index contributed by atoms with van der Waals surface area (Å²) in [5, 5.41) is 9.80. The van der Waals surface area contributed by atoms with Crippen molar-refractivity contribution in [3.63, 3.8) is 0 Å². The third-order valence-corrected chi connectivity index (χ3v) is 9.80. The maximum atomic E-state index is 11.0. The second-order valence-electron chi connectivity index (χ2n) is 12.5. The molecule has 4 aromatic rings. The van der Waals surface area contributed by atoms with Crippen molar-refractivity contribution in [1.29, 1.82) is 0 Å². The summed E-state index contributed by atoms with van der Waals surface area (Å²) in [5.41, 5.74) is 11.3. The summed E-state index contributed by atoms with van der Waals surface area (Å²) in [5.74, 6) is 1.97. The predicted molar refractivity (Wildman–Crippen MR) is 221 cm³/mol. The number of thiazole rings is 1. The minimum Gasteiger partial charge on any atom is -0.486 e. The highest BCUT2D eigenvalue weighted by atomic mass is 32.1. The first-order valence-electron chi connectivity index (χ1n) is 18.3. The summed E-state index contributed by atoms with van der Waals surface area (Å²) < 4.78 is 18.2. The van der Waals surface area contributed by atoms with Crippen molar-refractivity contribution >= 4 is 17.3 Å². The van der Waals surface area contributed by atoms with Crippen LogP contribution >= 0.6 is 11.3 Å². The Bertz CT molecular complexity index is 2190. The van der Waals surface area contributed by atoms with E-state index >= 15 is 0 Å². The van der Waals surface area contributed by atoms with Gasteiger partial charge < -0.3 is 19.3 Å². The van der Waals surface area contributed by atoms with E-state index in [2.05, 4.69) is 87.2 Å². The van der Waals surface area contributed by atoms with E-state index in [1.165, 1.54) is 5.56 Å². The van der Waals surface area contributed by atoms with Crippen molar-refractivity contribution < 1.29 is 24.1 Å². The largest absolute Gasteiger partial charge is 0.486 e. The molecule has 0 unspecified atom stereocenters. The van der Waals surface area contributed by atoms with Gasteiger partial charge in [0.05, 0.1) is 10.6 Å². The molecule has 1 aromatic heterocycles. The second-order valence-corrected chi connectivity index (χ2v) is 13.6. The molecule has 0 atom stereocenters. The Labute approximate surface area is 323 Å². The first kappa shape index (κ1) is 39.3. The Morgan fingerprint density at radius 3 is 2.24 bits per heavy atom. The van der Waals surface area contributed by atoms with E-state index in [1.54, 1.807) is 23.5 Å². The monoisotopic (exact) mass is 737 g/mol. The number of aromatic nitrogens is 1. The van der Waals surface area contributed by atoms with Gasteiger partial charge in [-0.05, 0) is 104 Å². The molecule has 6 nitrogen and oxygen atoms in total. The van der Waals surface area contributed by atoms with Gasteiger partial charge in [0.25, 0.3) is 0 Å². The lowest BCUT2D eigenvalue weighted by molar-refractivity contribution is -0.139. The number of hydrogen-bond donors (Lipinski definition) is 1. The fraction of sp³-hybridized carbons (Fsp3) is 0.213. The highest BCUT2D eigenvalue weighted by Crippen LogP contribution is 2.40. The number of nitrogens with zero attached hydrogens (tertiary/aromatic N) is 1. The van der Waals surface area contributed by atoms with Crippen LogP contribution < -0.4 is 14.2 Å². The number of carbonyl (C=O) groups is 1. The van der Waals surface area contributed by atoms with E-state index in [0.717, 1.165) is 66.9 Å². The summed E-state index contributed by atoms with van der Waals surface area (Å²) in [7, 11) is 0. The van der Waals surface area contributed by atoms with E-state index in [9.17, 15) is 4.79 Å². The molecule has 6 rings (SSSR count). The van der Waals surface area contributed by atoms with E-state index in [4.69, 9.17) is 24.3 Å². The predicted octanol–water partition coefficient (Wildman–Crippen LogP) is 12.2. The topological polar surface area (TPSA) is 77.9 Å². The van der Waals surface area contributed by atoms with Gasteiger partial charge in [-0.25, -0.2) is 9.78 Å². The van der Waals surface area contributed by atoms with Crippen molar-refractivity contribution in [3.8, 4) is 38.9 Å². The Morgan fingerprint density at radius 2 is 1.56 bits per heavy atom. The Hall–Kier alpha value is -5.88. The van der Waals surface area contributed by atoms with Crippen LogP contribution in [0, 0.1) is 13.8 Å². The normalized spacial score (nSPS) is 13.7. The van der Waals surface area contributed by atoms with E-state index < -0.39 is 12.6 Å². The lowest BCUT2D eigenvalue weighted by atomic mass is 9.96. The number of benzene rings is 3. The highest BCUT2D eigenvalue weighted by molar-refractivity contribution is 7.15. The van der Waals surface area contributed by atoms with Crippen molar-refractivity contribution in [2.45, 2.75) is 60.5 Å². The van der Waals surface area contributed by atoms with Crippen LogP contribution in [0.2, 0.25) is 0 Å². The second kappa shape index (κ2) is 19.3. The van der Waals surface area contributed by atoms with Gasteiger partial charge in [-0.2, -0.15) is 0 Å². The molecule has 0 radical (unpaired) electrons. The molecule has 0 saturated heterocycles. The van der Waals surface area contributed by atoms with Gasteiger partial charge in [0.2, 0.25) is 0 Å². The molecule has 0 aliphatic heterocycles. The smallest absolute Gasteiger partial charge is 0.341 e. The zero-order valence-electron chi connectivity index (χ0n) is 31.8. The third-order valence-electron chi connectivity index (χ3n) is 8.72. The number of ether oxygens (including phenoxy) is 3. The number of carboxylic acid groups (broad SMARTS) is 1. The molecule has 1 N–H and O–H groups in total. The molecule has 0 fully saturated rings. The van der Waals surface area contributed by atoms with Crippen LogP contribution in [0.3, 0.4) is 0 Å². The molecule has 7 heteroatoms. The summed E-state index contributed by atoms with van der Waals surface area (Å²) in [6, 6.07) is 20.3. The maximum absolute atomic E-state index is 11.0. The Balaban J connectivity index is 0.00000276. The van der Waals surface area contributed by atoms with Crippen LogP contribution in [-0.4, -0.2) is 22.7 Å². The van der Waals surface area contributed by atoms with Crippen LogP contribution in [0.1, 0.15) is 61.7 Å². The molecule has 0 spiro atoms. The molecule has 1 heterocycles. The van der Waals surface area contributed by atoms with Gasteiger partial charge in [0.15, 0.2) is 6.61 Å². The minimum atomic E-state index is -1.02. The minimum absolute atomic E-state index is 0.208. The molecule has 0 saturated carbocycles. The van der Waals surface area contributed by atoms with E-state index in [1.807, 2.05) is 75.4 Å². The zero-order chi connectivity index (χ0) is 38.5. The number of carboxylic acids is 1. The quantitative estimate of drug-likeness (QED) is 0.109.